The first kappa shape index (κ1) is 21.5. The number of amides is 2. The monoisotopic (exact) mass is 367 g/mol. The molecule has 2 atom stereocenters. The van der Waals surface area contributed by atoms with Gasteiger partial charge in [0.25, 0.3) is 5.91 Å². The van der Waals surface area contributed by atoms with Crippen LogP contribution < -0.4 is 11.1 Å². The van der Waals surface area contributed by atoms with Crippen molar-refractivity contribution >= 4 is 29.9 Å². The quantitative estimate of drug-likeness (QED) is 0.837. The third-order valence-electron chi connectivity index (χ3n) is 5.02. The summed E-state index contributed by atoms with van der Waals surface area (Å²) in [7, 11) is 0. The van der Waals surface area contributed by atoms with Crippen LogP contribution in [0.4, 0.5) is 5.69 Å². The highest BCUT2D eigenvalue weighted by Gasteiger charge is 2.37. The van der Waals surface area contributed by atoms with Gasteiger partial charge in [-0.25, -0.2) is 0 Å². The summed E-state index contributed by atoms with van der Waals surface area (Å²) in [5.41, 5.74) is 7.19. The zero-order chi connectivity index (χ0) is 17.7. The summed E-state index contributed by atoms with van der Waals surface area (Å²) in [6.07, 6.45) is 3.83. The Morgan fingerprint density at radius 2 is 1.80 bits per heavy atom. The molecule has 2 unspecified atom stereocenters. The van der Waals surface area contributed by atoms with E-state index >= 15 is 0 Å². The zero-order valence-corrected chi connectivity index (χ0v) is 16.2. The van der Waals surface area contributed by atoms with Gasteiger partial charge in [-0.1, -0.05) is 12.8 Å². The molecule has 140 valence electrons. The SMILES string of the molecule is CCN(CC)C(=O)c1ccc(NC(=O)C2CCCCC2(C)N)cc1.Cl. The molecular formula is C19H30ClN3O2. The van der Waals surface area contributed by atoms with Gasteiger partial charge in [0.15, 0.2) is 0 Å². The van der Waals surface area contributed by atoms with Crippen LogP contribution in [-0.4, -0.2) is 35.3 Å². The highest BCUT2D eigenvalue weighted by Crippen LogP contribution is 2.32. The van der Waals surface area contributed by atoms with E-state index in [2.05, 4.69) is 5.32 Å². The number of nitrogens with two attached hydrogens (primary N) is 1. The minimum atomic E-state index is -0.443. The standard InChI is InChI=1S/C19H29N3O2.ClH/c1-4-22(5-2)18(24)14-9-11-15(12-10-14)21-17(23)16-8-6-7-13-19(16,3)20;/h9-12,16H,4-8,13,20H2,1-3H3,(H,21,23);1H. The Morgan fingerprint density at radius 1 is 1.20 bits per heavy atom. The average molecular weight is 368 g/mol. The van der Waals surface area contributed by atoms with Crippen LogP contribution >= 0.6 is 12.4 Å². The normalized spacial score (nSPS) is 22.6. The molecule has 1 fully saturated rings. The van der Waals surface area contributed by atoms with Crippen LogP contribution in [0.3, 0.4) is 0 Å². The fourth-order valence-corrected chi connectivity index (χ4v) is 3.41. The van der Waals surface area contributed by atoms with Gasteiger partial charge in [0.1, 0.15) is 0 Å². The van der Waals surface area contributed by atoms with E-state index in [1.165, 1.54) is 0 Å². The van der Waals surface area contributed by atoms with Gasteiger partial charge in [-0.15, -0.1) is 12.4 Å². The topological polar surface area (TPSA) is 75.4 Å². The number of carbonyl (C=O) groups excluding carboxylic acids is 2. The van der Waals surface area contributed by atoms with Crippen LogP contribution in [0, 0.1) is 5.92 Å². The van der Waals surface area contributed by atoms with E-state index < -0.39 is 5.54 Å². The summed E-state index contributed by atoms with van der Waals surface area (Å²) in [5, 5.41) is 2.95. The van der Waals surface area contributed by atoms with Crippen molar-refractivity contribution in [1.82, 2.24) is 4.90 Å². The second-order valence-electron chi connectivity index (χ2n) is 6.85. The third kappa shape index (κ3) is 5.19. The molecule has 1 saturated carbocycles. The number of hydrogen-bond acceptors (Lipinski definition) is 3. The molecule has 0 aromatic heterocycles. The van der Waals surface area contributed by atoms with Gasteiger partial charge in [-0.2, -0.15) is 0 Å². The Labute approximate surface area is 156 Å². The maximum Gasteiger partial charge on any atom is 0.253 e. The van der Waals surface area contributed by atoms with Crippen molar-refractivity contribution in [2.75, 3.05) is 18.4 Å². The molecule has 0 radical (unpaired) electrons. The largest absolute Gasteiger partial charge is 0.339 e. The van der Waals surface area contributed by atoms with Crippen LogP contribution in [0.25, 0.3) is 0 Å². The molecule has 0 bridgehead atoms. The van der Waals surface area contributed by atoms with E-state index in [1.54, 1.807) is 29.2 Å². The summed E-state index contributed by atoms with van der Waals surface area (Å²) >= 11 is 0. The van der Waals surface area contributed by atoms with Crippen molar-refractivity contribution in [3.63, 3.8) is 0 Å². The Kier molecular flexibility index (Phi) is 7.90. The summed E-state index contributed by atoms with van der Waals surface area (Å²) < 4.78 is 0. The number of carbonyl (C=O) groups is 2. The summed E-state index contributed by atoms with van der Waals surface area (Å²) in [6.45, 7) is 7.26. The first-order valence-corrected chi connectivity index (χ1v) is 8.88. The van der Waals surface area contributed by atoms with Crippen LogP contribution in [0.1, 0.15) is 56.8 Å². The fraction of sp³-hybridized carbons (Fsp3) is 0.579. The van der Waals surface area contributed by atoms with E-state index in [0.717, 1.165) is 25.7 Å². The number of halogens is 1. The van der Waals surface area contributed by atoms with Crippen molar-refractivity contribution in [1.29, 1.82) is 0 Å². The first-order chi connectivity index (χ1) is 11.4. The highest BCUT2D eigenvalue weighted by molar-refractivity contribution is 5.96. The van der Waals surface area contributed by atoms with Gasteiger partial charge in [0.05, 0.1) is 5.92 Å². The van der Waals surface area contributed by atoms with E-state index in [4.69, 9.17) is 5.73 Å². The van der Waals surface area contributed by atoms with Gasteiger partial charge in [0.2, 0.25) is 5.91 Å². The highest BCUT2D eigenvalue weighted by atomic mass is 35.5. The Hall–Kier alpha value is -1.59. The molecule has 0 aliphatic heterocycles. The minimum Gasteiger partial charge on any atom is -0.339 e. The molecule has 0 spiro atoms. The van der Waals surface area contributed by atoms with Gasteiger partial charge >= 0.3 is 0 Å². The molecule has 2 amide bonds. The number of nitrogens with one attached hydrogen (secondary N) is 1. The molecular weight excluding hydrogens is 338 g/mol. The lowest BCUT2D eigenvalue weighted by Gasteiger charge is -2.37. The van der Waals surface area contributed by atoms with Crippen LogP contribution in [0.5, 0.6) is 0 Å². The zero-order valence-electron chi connectivity index (χ0n) is 15.4. The molecule has 0 heterocycles. The summed E-state index contributed by atoms with van der Waals surface area (Å²) in [6, 6.07) is 7.09. The lowest BCUT2D eigenvalue weighted by molar-refractivity contribution is -0.122. The van der Waals surface area contributed by atoms with Gasteiger partial charge < -0.3 is 16.0 Å². The molecule has 2 rings (SSSR count). The van der Waals surface area contributed by atoms with E-state index in [1.807, 2.05) is 20.8 Å². The lowest BCUT2D eigenvalue weighted by atomic mass is 9.74. The molecule has 1 aliphatic rings. The number of rotatable bonds is 5. The van der Waals surface area contributed by atoms with E-state index in [9.17, 15) is 9.59 Å². The molecule has 6 heteroatoms. The van der Waals surface area contributed by atoms with Gasteiger partial charge in [-0.3, -0.25) is 9.59 Å². The maximum atomic E-state index is 12.5. The number of anilines is 1. The van der Waals surface area contributed by atoms with Crippen molar-refractivity contribution in [3.8, 4) is 0 Å². The molecule has 3 N–H and O–H groups in total. The van der Waals surface area contributed by atoms with Gasteiger partial charge in [-0.05, 0) is 57.9 Å². The fourth-order valence-electron chi connectivity index (χ4n) is 3.41. The molecule has 1 aromatic carbocycles. The summed E-state index contributed by atoms with van der Waals surface area (Å²) in [4.78, 5) is 26.6. The van der Waals surface area contributed by atoms with Crippen LogP contribution in [-0.2, 0) is 4.79 Å². The molecule has 25 heavy (non-hydrogen) atoms. The summed E-state index contributed by atoms with van der Waals surface area (Å²) in [5.74, 6) is -0.176. The Balaban J connectivity index is 0.00000312. The van der Waals surface area contributed by atoms with E-state index in [-0.39, 0.29) is 30.1 Å². The Bertz CT molecular complexity index is 583. The lowest BCUT2D eigenvalue weighted by Crippen LogP contribution is -2.51. The average Bonchev–Trinajstić information content (AvgIpc) is 2.56. The van der Waals surface area contributed by atoms with Crippen molar-refractivity contribution < 1.29 is 9.59 Å². The van der Waals surface area contributed by atoms with E-state index in [0.29, 0.717) is 24.3 Å². The first-order valence-electron chi connectivity index (χ1n) is 8.88. The number of hydrogen-bond donors (Lipinski definition) is 2. The number of benzene rings is 1. The predicted octanol–water partition coefficient (Wildman–Crippen LogP) is 3.44. The minimum absolute atomic E-state index is 0. The predicted molar refractivity (Wildman–Crippen MR) is 104 cm³/mol. The Morgan fingerprint density at radius 3 is 2.32 bits per heavy atom. The second kappa shape index (κ2) is 9.20. The van der Waals surface area contributed by atoms with Crippen molar-refractivity contribution in [2.24, 2.45) is 11.7 Å². The molecule has 5 nitrogen and oxygen atoms in total. The number of nitrogens with zero attached hydrogens (tertiary/aromatic N) is 1. The van der Waals surface area contributed by atoms with Crippen LogP contribution in [0.2, 0.25) is 0 Å². The van der Waals surface area contributed by atoms with Crippen LogP contribution in [0.15, 0.2) is 24.3 Å². The van der Waals surface area contributed by atoms with Gasteiger partial charge in [0, 0.05) is 29.9 Å². The smallest absolute Gasteiger partial charge is 0.253 e. The molecule has 1 aromatic rings. The second-order valence-corrected chi connectivity index (χ2v) is 6.85. The third-order valence-corrected chi connectivity index (χ3v) is 5.02. The van der Waals surface area contributed by atoms with Crippen molar-refractivity contribution in [2.45, 2.75) is 52.0 Å². The maximum absolute atomic E-state index is 12.5. The molecule has 1 aliphatic carbocycles. The molecule has 0 saturated heterocycles. The van der Waals surface area contributed by atoms with Crippen molar-refractivity contribution in [3.05, 3.63) is 29.8 Å².